The summed E-state index contributed by atoms with van der Waals surface area (Å²) < 4.78 is 31.0. The lowest BCUT2D eigenvalue weighted by atomic mass is 10.0. The van der Waals surface area contributed by atoms with Gasteiger partial charge in [0.2, 0.25) is 10.0 Å². The maximum atomic E-state index is 14.1. The second-order valence-corrected chi connectivity index (χ2v) is 12.4. The number of aryl methyl sites for hydroxylation is 2. The van der Waals surface area contributed by atoms with E-state index >= 15 is 0 Å². The first-order valence-corrected chi connectivity index (χ1v) is 14.8. The maximum Gasteiger partial charge on any atom is 0.259 e. The number of hydrogen-bond donors (Lipinski definition) is 1. The van der Waals surface area contributed by atoms with E-state index in [1.54, 1.807) is 80.7 Å². The van der Waals surface area contributed by atoms with E-state index in [1.807, 2.05) is 0 Å². The van der Waals surface area contributed by atoms with Gasteiger partial charge in [0.25, 0.3) is 11.5 Å². The molecule has 42 heavy (non-hydrogen) atoms. The topological polar surface area (TPSA) is 136 Å². The molecule has 0 aliphatic carbocycles. The Bertz CT molecular complexity index is 2060. The second kappa shape index (κ2) is 11.2. The van der Waals surface area contributed by atoms with Gasteiger partial charge >= 0.3 is 0 Å². The van der Waals surface area contributed by atoms with E-state index in [2.05, 4.69) is 32.3 Å². The first kappa shape index (κ1) is 28.7. The van der Waals surface area contributed by atoms with Gasteiger partial charge in [-0.25, -0.2) is 22.2 Å². The summed E-state index contributed by atoms with van der Waals surface area (Å²) in [5, 5.41) is 12.4. The van der Waals surface area contributed by atoms with Gasteiger partial charge in [-0.05, 0) is 37.4 Å². The molecule has 13 heteroatoms. The Kier molecular flexibility index (Phi) is 7.68. The lowest BCUT2D eigenvalue weighted by molar-refractivity contribution is 0.0939. The molecule has 4 aromatic heterocycles. The molecular weight excluding hydrogens is 556 g/mol. The minimum Gasteiger partial charge on any atom is -0.344 e. The standard InChI is InChI=1S/C29H30N8O4S/c1-19(32-28(38)25-20(2)33-37-13-7-12-30-27(25)37)24-16-23-9-6-8-22(11-10-21-17-31-35(5)18-21)26(23)29(39)36(24)14-15-42(40,41)34(3)4/h6-9,12-13,16-19H,14-15H2,1-5H3,(H,32,38)/t19-/m1/s1. The van der Waals surface area contributed by atoms with E-state index in [1.165, 1.54) is 23.2 Å². The molecule has 0 radical (unpaired) electrons. The Morgan fingerprint density at radius 2 is 1.98 bits per heavy atom. The molecule has 5 rings (SSSR count). The van der Waals surface area contributed by atoms with Crippen LogP contribution in [0.3, 0.4) is 0 Å². The molecule has 12 nitrogen and oxygen atoms in total. The molecule has 216 valence electrons. The van der Waals surface area contributed by atoms with Crippen LogP contribution in [-0.2, 0) is 23.6 Å². The fourth-order valence-electron chi connectivity index (χ4n) is 4.73. The molecule has 0 spiro atoms. The van der Waals surface area contributed by atoms with Crippen LogP contribution < -0.4 is 10.9 Å². The highest BCUT2D eigenvalue weighted by Gasteiger charge is 2.24. The van der Waals surface area contributed by atoms with Gasteiger partial charge in [0.15, 0.2) is 5.65 Å². The van der Waals surface area contributed by atoms with Gasteiger partial charge in [0.05, 0.1) is 34.6 Å². The molecule has 0 saturated heterocycles. The third-order valence-corrected chi connectivity index (χ3v) is 8.75. The molecule has 1 atom stereocenters. The van der Waals surface area contributed by atoms with E-state index in [9.17, 15) is 18.0 Å². The van der Waals surface area contributed by atoms with Gasteiger partial charge in [0.1, 0.15) is 5.56 Å². The number of rotatable bonds is 7. The number of carbonyl (C=O) groups excluding carboxylic acids is 1. The zero-order valence-corrected chi connectivity index (χ0v) is 24.7. The van der Waals surface area contributed by atoms with Crippen molar-refractivity contribution in [2.24, 2.45) is 7.05 Å². The van der Waals surface area contributed by atoms with Crippen LogP contribution in [0.5, 0.6) is 0 Å². The summed E-state index contributed by atoms with van der Waals surface area (Å²) in [6.45, 7) is 3.35. The minimum absolute atomic E-state index is 0.119. The van der Waals surface area contributed by atoms with Gasteiger partial charge in [0, 0.05) is 57.5 Å². The van der Waals surface area contributed by atoms with Gasteiger partial charge < -0.3 is 9.88 Å². The van der Waals surface area contributed by atoms with Crippen LogP contribution in [0.15, 0.2) is 59.9 Å². The Labute approximate surface area is 242 Å². The van der Waals surface area contributed by atoms with Crippen LogP contribution >= 0.6 is 0 Å². The van der Waals surface area contributed by atoms with Crippen LogP contribution in [0.2, 0.25) is 0 Å². The first-order valence-electron chi connectivity index (χ1n) is 13.1. The Balaban J connectivity index is 1.60. The molecule has 0 aliphatic heterocycles. The van der Waals surface area contributed by atoms with Crippen molar-refractivity contribution < 1.29 is 13.2 Å². The number of nitrogens with zero attached hydrogens (tertiary/aromatic N) is 7. The fraction of sp³-hybridized carbons (Fsp3) is 0.276. The van der Waals surface area contributed by atoms with E-state index < -0.39 is 27.5 Å². The lowest BCUT2D eigenvalue weighted by Gasteiger charge is -2.22. The highest BCUT2D eigenvalue weighted by Crippen LogP contribution is 2.22. The average Bonchev–Trinajstić information content (AvgIpc) is 3.52. The fourth-order valence-corrected chi connectivity index (χ4v) is 5.51. The average molecular weight is 587 g/mol. The molecule has 4 heterocycles. The zero-order chi connectivity index (χ0) is 30.2. The molecule has 0 bridgehead atoms. The number of sulfonamides is 1. The van der Waals surface area contributed by atoms with Gasteiger partial charge in [-0.1, -0.05) is 24.0 Å². The molecule has 1 aromatic carbocycles. The largest absolute Gasteiger partial charge is 0.344 e. The molecule has 0 aliphatic rings. The third kappa shape index (κ3) is 5.54. The maximum absolute atomic E-state index is 14.1. The number of hydrogen-bond acceptors (Lipinski definition) is 7. The zero-order valence-electron chi connectivity index (χ0n) is 23.9. The summed E-state index contributed by atoms with van der Waals surface area (Å²) in [7, 11) is 1.06. The van der Waals surface area contributed by atoms with Crippen molar-refractivity contribution in [3.8, 4) is 11.8 Å². The third-order valence-electron chi connectivity index (χ3n) is 6.93. The van der Waals surface area contributed by atoms with Crippen molar-refractivity contribution >= 4 is 32.4 Å². The van der Waals surface area contributed by atoms with Crippen LogP contribution in [0.25, 0.3) is 16.4 Å². The number of pyridine rings is 1. The van der Waals surface area contributed by atoms with Crippen molar-refractivity contribution in [2.45, 2.75) is 26.4 Å². The number of amides is 1. The predicted octanol–water partition coefficient (Wildman–Crippen LogP) is 1.87. The lowest BCUT2D eigenvalue weighted by Crippen LogP contribution is -2.35. The number of nitrogens with one attached hydrogen (secondary N) is 1. The smallest absolute Gasteiger partial charge is 0.259 e. The molecule has 5 aromatic rings. The summed E-state index contributed by atoms with van der Waals surface area (Å²) in [6.07, 6.45) is 6.69. The van der Waals surface area contributed by atoms with E-state index in [4.69, 9.17) is 0 Å². The summed E-state index contributed by atoms with van der Waals surface area (Å²) in [4.78, 5) is 31.8. The first-order chi connectivity index (χ1) is 20.0. The van der Waals surface area contributed by atoms with Crippen LogP contribution in [0, 0.1) is 18.8 Å². The molecular formula is C29H30N8O4S. The molecule has 1 N–H and O–H groups in total. The second-order valence-electron chi connectivity index (χ2n) is 10.1. The van der Waals surface area contributed by atoms with E-state index in [-0.39, 0.29) is 12.3 Å². The Morgan fingerprint density at radius 1 is 1.19 bits per heavy atom. The monoisotopic (exact) mass is 586 g/mol. The predicted molar refractivity (Wildman–Crippen MR) is 158 cm³/mol. The van der Waals surface area contributed by atoms with Crippen LogP contribution in [0.4, 0.5) is 0 Å². The minimum atomic E-state index is -3.62. The highest BCUT2D eigenvalue weighted by atomic mass is 32.2. The summed E-state index contributed by atoms with van der Waals surface area (Å²) in [6, 6.07) is 8.19. The number of fused-ring (bicyclic) bond motifs is 2. The van der Waals surface area contributed by atoms with Crippen molar-refractivity contribution in [3.63, 3.8) is 0 Å². The van der Waals surface area contributed by atoms with Gasteiger partial charge in [-0.15, -0.1) is 0 Å². The molecule has 0 unspecified atom stereocenters. The molecule has 1 amide bonds. The van der Waals surface area contributed by atoms with Crippen molar-refractivity contribution in [1.82, 2.24) is 38.6 Å². The van der Waals surface area contributed by atoms with Crippen molar-refractivity contribution in [2.75, 3.05) is 19.8 Å². The Hall–Kier alpha value is -4.80. The van der Waals surface area contributed by atoms with Crippen molar-refractivity contribution in [3.05, 3.63) is 93.6 Å². The van der Waals surface area contributed by atoms with Crippen molar-refractivity contribution in [1.29, 1.82) is 0 Å². The van der Waals surface area contributed by atoms with E-state index in [0.717, 1.165) is 4.31 Å². The number of carbonyl (C=O) groups is 1. The van der Waals surface area contributed by atoms with Crippen LogP contribution in [0.1, 0.15) is 45.8 Å². The van der Waals surface area contributed by atoms with Gasteiger partial charge in [-0.3, -0.25) is 14.3 Å². The number of benzene rings is 1. The Morgan fingerprint density at radius 3 is 2.69 bits per heavy atom. The quantitative estimate of drug-likeness (QED) is 0.288. The van der Waals surface area contributed by atoms with Crippen LogP contribution in [-0.4, -0.2) is 67.4 Å². The molecule has 0 fully saturated rings. The summed E-state index contributed by atoms with van der Waals surface area (Å²) in [5.41, 5.74) is 2.48. The van der Waals surface area contributed by atoms with E-state index in [0.29, 0.717) is 44.5 Å². The van der Waals surface area contributed by atoms with Gasteiger partial charge in [-0.2, -0.15) is 10.2 Å². The summed E-state index contributed by atoms with van der Waals surface area (Å²) in [5.74, 6) is 5.39. The number of aromatic nitrogens is 6. The highest BCUT2D eigenvalue weighted by molar-refractivity contribution is 7.89. The normalized spacial score (nSPS) is 12.4. The summed E-state index contributed by atoms with van der Waals surface area (Å²) >= 11 is 0. The SMILES string of the molecule is Cc1nn2cccnc2c1C(=O)N[C@H](C)c1cc2cccc(C#Cc3cnn(C)c3)c2c(=O)n1CCS(=O)(=O)N(C)C. The molecule has 0 saturated carbocycles.